The lowest BCUT2D eigenvalue weighted by atomic mass is 10.1. The summed E-state index contributed by atoms with van der Waals surface area (Å²) in [6, 6.07) is 5.72. The van der Waals surface area contributed by atoms with Crippen LogP contribution in [0.5, 0.6) is 11.5 Å². The summed E-state index contributed by atoms with van der Waals surface area (Å²) >= 11 is 0. The fourth-order valence-corrected chi connectivity index (χ4v) is 2.01. The largest absolute Gasteiger partial charge is 0.493 e. The van der Waals surface area contributed by atoms with E-state index in [2.05, 4.69) is 10.3 Å². The summed E-state index contributed by atoms with van der Waals surface area (Å²) < 4.78 is 12.4. The van der Waals surface area contributed by atoms with Crippen molar-refractivity contribution >= 4 is 0 Å². The maximum absolute atomic E-state index is 5.71. The van der Waals surface area contributed by atoms with E-state index >= 15 is 0 Å². The van der Waals surface area contributed by atoms with Crippen LogP contribution >= 0.6 is 0 Å². The molecule has 0 aliphatic rings. The van der Waals surface area contributed by atoms with Gasteiger partial charge in [0.25, 0.3) is 0 Å². The van der Waals surface area contributed by atoms with Gasteiger partial charge in [0.05, 0.1) is 19.9 Å². The Hall–Kier alpha value is -2.08. The summed E-state index contributed by atoms with van der Waals surface area (Å²) in [6.45, 7) is 3.10. The molecular formula is C13H18N4O2. The third-order valence-electron chi connectivity index (χ3n) is 2.95. The van der Waals surface area contributed by atoms with Crippen LogP contribution in [0.25, 0.3) is 11.3 Å². The average molecular weight is 262 g/mol. The number of ether oxygens (including phenoxy) is 2. The van der Waals surface area contributed by atoms with E-state index in [0.717, 1.165) is 23.5 Å². The minimum atomic E-state index is 0.351. The second-order valence-electron chi connectivity index (χ2n) is 3.97. The van der Waals surface area contributed by atoms with Gasteiger partial charge >= 0.3 is 0 Å². The third kappa shape index (κ3) is 2.39. The summed E-state index contributed by atoms with van der Waals surface area (Å²) in [5.41, 5.74) is 8.37. The predicted molar refractivity (Wildman–Crippen MR) is 72.1 cm³/mol. The second kappa shape index (κ2) is 5.71. The van der Waals surface area contributed by atoms with Crippen molar-refractivity contribution in [2.45, 2.75) is 20.0 Å². The Morgan fingerprint density at radius 3 is 2.53 bits per heavy atom. The minimum absolute atomic E-state index is 0.351. The highest BCUT2D eigenvalue weighted by Gasteiger charge is 2.15. The zero-order valence-corrected chi connectivity index (χ0v) is 11.4. The Balaban J connectivity index is 2.55. The lowest BCUT2D eigenvalue weighted by Gasteiger charge is -2.11. The summed E-state index contributed by atoms with van der Waals surface area (Å²) in [4.78, 5) is 0. The molecule has 2 aromatic rings. The van der Waals surface area contributed by atoms with Crippen molar-refractivity contribution in [3.63, 3.8) is 0 Å². The predicted octanol–water partition coefficient (Wildman–Crippen LogP) is 1.44. The zero-order chi connectivity index (χ0) is 13.8. The first-order chi connectivity index (χ1) is 9.24. The molecular weight excluding hydrogens is 244 g/mol. The van der Waals surface area contributed by atoms with Gasteiger partial charge < -0.3 is 15.2 Å². The maximum Gasteiger partial charge on any atom is 0.161 e. The standard InChI is InChI=1S/C13H18N4O2/c1-4-17-13(10(8-14)15-16-17)9-5-6-11(18-2)12(7-9)19-3/h5-7H,4,8,14H2,1-3H3. The molecule has 0 aliphatic carbocycles. The van der Waals surface area contributed by atoms with Crippen LogP contribution in [0.15, 0.2) is 18.2 Å². The number of benzene rings is 1. The Bertz CT molecular complexity index is 544. The number of methoxy groups -OCH3 is 2. The number of hydrogen-bond acceptors (Lipinski definition) is 5. The highest BCUT2D eigenvalue weighted by molar-refractivity contribution is 5.66. The number of aryl methyl sites for hydroxylation is 1. The first-order valence-corrected chi connectivity index (χ1v) is 6.10. The number of nitrogens with zero attached hydrogens (tertiary/aromatic N) is 3. The lowest BCUT2D eigenvalue weighted by molar-refractivity contribution is 0.355. The number of rotatable bonds is 5. The Kier molecular flexibility index (Phi) is 4.01. The zero-order valence-electron chi connectivity index (χ0n) is 11.4. The van der Waals surface area contributed by atoms with Crippen LogP contribution < -0.4 is 15.2 Å². The molecule has 1 heterocycles. The third-order valence-corrected chi connectivity index (χ3v) is 2.95. The molecule has 0 spiro atoms. The number of hydrogen-bond donors (Lipinski definition) is 1. The molecule has 2 N–H and O–H groups in total. The molecule has 6 heteroatoms. The monoisotopic (exact) mass is 262 g/mol. The summed E-state index contributed by atoms with van der Waals surface area (Å²) in [5.74, 6) is 1.36. The highest BCUT2D eigenvalue weighted by atomic mass is 16.5. The van der Waals surface area contributed by atoms with Crippen molar-refractivity contribution in [1.29, 1.82) is 0 Å². The molecule has 6 nitrogen and oxygen atoms in total. The van der Waals surface area contributed by atoms with E-state index in [9.17, 15) is 0 Å². The lowest BCUT2D eigenvalue weighted by Crippen LogP contribution is -2.03. The second-order valence-corrected chi connectivity index (χ2v) is 3.97. The van der Waals surface area contributed by atoms with E-state index in [1.54, 1.807) is 14.2 Å². The quantitative estimate of drug-likeness (QED) is 0.882. The molecule has 0 saturated heterocycles. The van der Waals surface area contributed by atoms with Gasteiger partial charge in [0.2, 0.25) is 0 Å². The molecule has 0 unspecified atom stereocenters. The van der Waals surface area contributed by atoms with E-state index in [0.29, 0.717) is 18.0 Å². The normalized spacial score (nSPS) is 10.5. The molecule has 1 aromatic carbocycles. The van der Waals surface area contributed by atoms with Gasteiger partial charge in [-0.25, -0.2) is 4.68 Å². The van der Waals surface area contributed by atoms with Gasteiger partial charge in [-0.2, -0.15) is 0 Å². The summed E-state index contributed by atoms with van der Waals surface area (Å²) in [5, 5.41) is 8.19. The van der Waals surface area contributed by atoms with E-state index in [-0.39, 0.29) is 0 Å². The fourth-order valence-electron chi connectivity index (χ4n) is 2.01. The van der Waals surface area contributed by atoms with Crippen molar-refractivity contribution < 1.29 is 9.47 Å². The topological polar surface area (TPSA) is 75.2 Å². The molecule has 0 radical (unpaired) electrons. The summed E-state index contributed by atoms with van der Waals surface area (Å²) in [7, 11) is 3.22. The maximum atomic E-state index is 5.71. The van der Waals surface area contributed by atoms with Gasteiger partial charge in [-0.15, -0.1) is 5.10 Å². The Morgan fingerprint density at radius 2 is 1.95 bits per heavy atom. The van der Waals surface area contributed by atoms with Crippen LogP contribution in [0, 0.1) is 0 Å². The van der Waals surface area contributed by atoms with Crippen molar-refractivity contribution in [3.8, 4) is 22.8 Å². The smallest absolute Gasteiger partial charge is 0.161 e. The van der Waals surface area contributed by atoms with E-state index in [1.165, 1.54) is 0 Å². The molecule has 0 aliphatic heterocycles. The molecule has 0 amide bonds. The molecule has 0 saturated carbocycles. The van der Waals surface area contributed by atoms with Crippen LogP contribution in [0.3, 0.4) is 0 Å². The van der Waals surface area contributed by atoms with Crippen LogP contribution in [0.1, 0.15) is 12.6 Å². The molecule has 19 heavy (non-hydrogen) atoms. The van der Waals surface area contributed by atoms with E-state index in [4.69, 9.17) is 15.2 Å². The van der Waals surface area contributed by atoms with Crippen molar-refractivity contribution in [2.24, 2.45) is 5.73 Å². The Labute approximate surface area is 112 Å². The van der Waals surface area contributed by atoms with Gasteiger partial charge in [0, 0.05) is 18.7 Å². The first-order valence-electron chi connectivity index (χ1n) is 6.10. The van der Waals surface area contributed by atoms with Crippen molar-refractivity contribution in [2.75, 3.05) is 14.2 Å². The van der Waals surface area contributed by atoms with Gasteiger partial charge in [0.15, 0.2) is 11.5 Å². The molecule has 102 valence electrons. The van der Waals surface area contributed by atoms with Crippen LogP contribution in [0.4, 0.5) is 0 Å². The fraction of sp³-hybridized carbons (Fsp3) is 0.385. The van der Waals surface area contributed by atoms with Crippen LogP contribution in [-0.4, -0.2) is 29.2 Å². The van der Waals surface area contributed by atoms with Gasteiger partial charge in [-0.05, 0) is 25.1 Å². The minimum Gasteiger partial charge on any atom is -0.493 e. The van der Waals surface area contributed by atoms with E-state index in [1.807, 2.05) is 29.8 Å². The number of nitrogens with two attached hydrogens (primary N) is 1. The van der Waals surface area contributed by atoms with Gasteiger partial charge in [0.1, 0.15) is 5.69 Å². The van der Waals surface area contributed by atoms with Crippen molar-refractivity contribution in [3.05, 3.63) is 23.9 Å². The van der Waals surface area contributed by atoms with Crippen LogP contribution in [0.2, 0.25) is 0 Å². The SMILES string of the molecule is CCn1nnc(CN)c1-c1ccc(OC)c(OC)c1. The van der Waals surface area contributed by atoms with Gasteiger partial charge in [-0.1, -0.05) is 5.21 Å². The molecule has 1 aromatic heterocycles. The van der Waals surface area contributed by atoms with Crippen molar-refractivity contribution in [1.82, 2.24) is 15.0 Å². The molecule has 0 atom stereocenters. The van der Waals surface area contributed by atoms with E-state index < -0.39 is 0 Å². The molecule has 2 rings (SSSR count). The molecule has 0 fully saturated rings. The van der Waals surface area contributed by atoms with Gasteiger partial charge in [-0.3, -0.25) is 0 Å². The molecule has 0 bridgehead atoms. The summed E-state index contributed by atoms with van der Waals surface area (Å²) in [6.07, 6.45) is 0. The Morgan fingerprint density at radius 1 is 1.21 bits per heavy atom. The first kappa shape index (κ1) is 13.4. The average Bonchev–Trinajstić information content (AvgIpc) is 2.89. The van der Waals surface area contributed by atoms with Crippen LogP contribution in [-0.2, 0) is 13.1 Å². The number of aromatic nitrogens is 3. The highest BCUT2D eigenvalue weighted by Crippen LogP contribution is 2.33.